The highest BCUT2D eigenvalue weighted by molar-refractivity contribution is 7.99. The fourth-order valence-corrected chi connectivity index (χ4v) is 6.72. The normalized spacial score (nSPS) is 30.8. The Morgan fingerprint density at radius 3 is 2.35 bits per heavy atom. The van der Waals surface area contributed by atoms with Gasteiger partial charge in [-0.3, -0.25) is 14.4 Å². The number of esters is 1. The fraction of sp³-hybridized carbons (Fsp3) is 0.591. The molecule has 0 radical (unpaired) electrons. The number of benzene rings is 1. The second kappa shape index (κ2) is 8.41. The molecule has 0 heterocycles. The van der Waals surface area contributed by atoms with E-state index in [1.807, 2.05) is 0 Å². The number of anilines is 1. The Hall–Kier alpha value is -2.16. The van der Waals surface area contributed by atoms with Crippen LogP contribution in [0, 0.1) is 17.3 Å². The van der Waals surface area contributed by atoms with E-state index in [1.54, 1.807) is 0 Å². The highest BCUT2D eigenvalue weighted by Crippen LogP contribution is 2.62. The quantitative estimate of drug-likeness (QED) is 0.483. The molecule has 4 fully saturated rings. The lowest BCUT2D eigenvalue weighted by Crippen LogP contribution is -2.64. The summed E-state index contributed by atoms with van der Waals surface area (Å²) in [5.41, 5.74) is -0.532. The number of ether oxygens (including phenoxy) is 1. The number of hydrogen-bond donors (Lipinski definition) is 2. The molecule has 168 valence electrons. The molecule has 4 aliphatic rings. The number of carbonyl (C=O) groups excluding carboxylic acids is 3. The molecule has 4 aliphatic carbocycles. The van der Waals surface area contributed by atoms with Crippen LogP contribution < -0.4 is 10.6 Å². The van der Waals surface area contributed by atoms with Crippen LogP contribution in [0.2, 0.25) is 0 Å². The minimum Gasteiger partial charge on any atom is -0.455 e. The van der Waals surface area contributed by atoms with E-state index < -0.39 is 23.7 Å². The Kier molecular flexibility index (Phi) is 5.98. The monoisotopic (exact) mass is 452 g/mol. The summed E-state index contributed by atoms with van der Waals surface area (Å²) in [4.78, 5) is 37.4. The van der Waals surface area contributed by atoms with Gasteiger partial charge in [0.2, 0.25) is 5.91 Å². The first kappa shape index (κ1) is 22.0. The third-order valence-electron chi connectivity index (χ3n) is 6.63. The van der Waals surface area contributed by atoms with Gasteiger partial charge in [0.1, 0.15) is 0 Å². The molecule has 0 aromatic heterocycles. The average molecular weight is 453 g/mol. The lowest BCUT2D eigenvalue weighted by molar-refractivity contribution is -0.176. The summed E-state index contributed by atoms with van der Waals surface area (Å²) in [6.07, 6.45) is 4.94. The maximum atomic E-state index is 13.0. The second-order valence-corrected chi connectivity index (χ2v) is 10.3. The third kappa shape index (κ3) is 4.86. The minimum absolute atomic E-state index is 0.0807. The highest BCUT2D eigenvalue weighted by atomic mass is 32.2. The summed E-state index contributed by atoms with van der Waals surface area (Å²) in [5, 5.41) is 5.72. The molecule has 0 saturated heterocycles. The van der Waals surface area contributed by atoms with Crippen LogP contribution in [0.5, 0.6) is 0 Å². The number of hydrogen-bond acceptors (Lipinski definition) is 5. The van der Waals surface area contributed by atoms with Crippen LogP contribution in [0.4, 0.5) is 14.5 Å². The van der Waals surface area contributed by atoms with Crippen LogP contribution in [0.15, 0.2) is 29.2 Å². The standard InChI is InChI=1S/C22H26F2N2O4S/c1-13(27)26-22-9-14-6-15(10-22)8-21(7-14,12-22)19(29)30-11-18(28)25-16-2-4-17(5-3-16)31-20(23)24/h2-5,14-15,20H,6-12H2,1H3,(H,25,28)(H,26,27). The van der Waals surface area contributed by atoms with Crippen molar-refractivity contribution in [2.24, 2.45) is 17.3 Å². The van der Waals surface area contributed by atoms with E-state index in [1.165, 1.54) is 31.2 Å². The average Bonchev–Trinajstić information content (AvgIpc) is 2.65. The van der Waals surface area contributed by atoms with Crippen LogP contribution in [-0.4, -0.2) is 35.7 Å². The molecule has 2 atom stereocenters. The molecule has 4 bridgehead atoms. The van der Waals surface area contributed by atoms with Gasteiger partial charge < -0.3 is 15.4 Å². The molecule has 31 heavy (non-hydrogen) atoms. The van der Waals surface area contributed by atoms with Gasteiger partial charge in [0, 0.05) is 23.0 Å². The predicted molar refractivity (Wildman–Crippen MR) is 112 cm³/mol. The van der Waals surface area contributed by atoms with E-state index in [-0.39, 0.29) is 17.4 Å². The Bertz CT molecular complexity index is 863. The molecular weight excluding hydrogens is 426 g/mol. The van der Waals surface area contributed by atoms with Gasteiger partial charge in [-0.2, -0.15) is 8.78 Å². The van der Waals surface area contributed by atoms with Gasteiger partial charge in [-0.25, -0.2) is 0 Å². The molecule has 9 heteroatoms. The van der Waals surface area contributed by atoms with Gasteiger partial charge in [-0.1, -0.05) is 11.8 Å². The van der Waals surface area contributed by atoms with Gasteiger partial charge in [0.05, 0.1) is 5.41 Å². The molecule has 6 nitrogen and oxygen atoms in total. The maximum Gasteiger partial charge on any atom is 0.312 e. The number of carbonyl (C=O) groups is 3. The van der Waals surface area contributed by atoms with Crippen LogP contribution >= 0.6 is 11.8 Å². The molecule has 2 unspecified atom stereocenters. The van der Waals surface area contributed by atoms with Crippen LogP contribution in [0.25, 0.3) is 0 Å². The molecule has 1 aromatic rings. The van der Waals surface area contributed by atoms with Crippen molar-refractivity contribution in [3.05, 3.63) is 24.3 Å². The summed E-state index contributed by atoms with van der Waals surface area (Å²) in [6.45, 7) is 1.10. The van der Waals surface area contributed by atoms with Gasteiger partial charge in [-0.05, 0) is 74.6 Å². The highest BCUT2D eigenvalue weighted by Gasteiger charge is 2.61. The number of alkyl halides is 2. The lowest BCUT2D eigenvalue weighted by atomic mass is 9.47. The van der Waals surface area contributed by atoms with Crippen LogP contribution in [0.1, 0.15) is 45.4 Å². The zero-order valence-corrected chi connectivity index (χ0v) is 18.1. The predicted octanol–water partition coefficient (Wildman–Crippen LogP) is 3.96. The number of halogens is 2. The van der Waals surface area contributed by atoms with E-state index in [2.05, 4.69) is 10.6 Å². The summed E-state index contributed by atoms with van der Waals surface area (Å²) in [7, 11) is 0. The Morgan fingerprint density at radius 1 is 1.13 bits per heavy atom. The summed E-state index contributed by atoms with van der Waals surface area (Å²) >= 11 is 0.429. The molecule has 0 aliphatic heterocycles. The van der Waals surface area contributed by atoms with Gasteiger partial charge >= 0.3 is 5.97 Å². The molecule has 0 spiro atoms. The van der Waals surface area contributed by atoms with Gasteiger partial charge in [0.25, 0.3) is 11.7 Å². The van der Waals surface area contributed by atoms with E-state index in [9.17, 15) is 23.2 Å². The first-order chi connectivity index (χ1) is 14.7. The first-order valence-corrected chi connectivity index (χ1v) is 11.4. The molecular formula is C22H26F2N2O4S. The van der Waals surface area contributed by atoms with Crippen molar-refractivity contribution in [2.75, 3.05) is 11.9 Å². The fourth-order valence-electron chi connectivity index (χ4n) is 6.22. The zero-order chi connectivity index (χ0) is 22.2. The SMILES string of the molecule is CC(=O)NC12CC3CC(C1)CC(C(=O)OCC(=O)Nc1ccc(SC(F)F)cc1)(C3)C2. The number of amides is 2. The Labute approximate surface area is 183 Å². The maximum absolute atomic E-state index is 13.0. The van der Waals surface area contributed by atoms with Crippen molar-refractivity contribution in [3.8, 4) is 0 Å². The molecule has 2 amide bonds. The largest absolute Gasteiger partial charge is 0.455 e. The molecule has 1 aromatic carbocycles. The van der Waals surface area contributed by atoms with Crippen molar-refractivity contribution in [2.45, 2.75) is 61.6 Å². The number of rotatable bonds is 7. The summed E-state index contributed by atoms with van der Waals surface area (Å²) in [5.74, 6) is -2.66. The summed E-state index contributed by atoms with van der Waals surface area (Å²) in [6, 6.07) is 6.05. The zero-order valence-electron chi connectivity index (χ0n) is 17.3. The van der Waals surface area contributed by atoms with Crippen LogP contribution in [0.3, 0.4) is 0 Å². The molecule has 2 N–H and O–H groups in total. The van der Waals surface area contributed by atoms with Gasteiger partial charge in [0.15, 0.2) is 6.61 Å². The Morgan fingerprint density at radius 2 is 1.77 bits per heavy atom. The molecule has 4 saturated carbocycles. The van der Waals surface area contributed by atoms with E-state index >= 15 is 0 Å². The van der Waals surface area contributed by atoms with E-state index in [0.29, 0.717) is 40.6 Å². The summed E-state index contributed by atoms with van der Waals surface area (Å²) < 4.78 is 30.2. The first-order valence-electron chi connectivity index (χ1n) is 10.5. The second-order valence-electron chi connectivity index (χ2n) is 9.23. The topological polar surface area (TPSA) is 84.5 Å². The van der Waals surface area contributed by atoms with Crippen molar-refractivity contribution >= 4 is 35.2 Å². The van der Waals surface area contributed by atoms with Crippen molar-refractivity contribution in [1.82, 2.24) is 5.32 Å². The third-order valence-corrected chi connectivity index (χ3v) is 7.36. The number of thioether (sulfide) groups is 1. The van der Waals surface area contributed by atoms with Crippen molar-refractivity contribution in [1.29, 1.82) is 0 Å². The molecule has 5 rings (SSSR count). The lowest BCUT2D eigenvalue weighted by Gasteiger charge is -2.60. The smallest absolute Gasteiger partial charge is 0.312 e. The van der Waals surface area contributed by atoms with E-state index in [0.717, 1.165) is 32.1 Å². The minimum atomic E-state index is -2.51. The van der Waals surface area contributed by atoms with Gasteiger partial charge in [-0.15, -0.1) is 0 Å². The van der Waals surface area contributed by atoms with Crippen molar-refractivity contribution in [3.63, 3.8) is 0 Å². The van der Waals surface area contributed by atoms with Crippen LogP contribution in [-0.2, 0) is 19.1 Å². The van der Waals surface area contributed by atoms with Crippen molar-refractivity contribution < 1.29 is 27.9 Å². The van der Waals surface area contributed by atoms with E-state index in [4.69, 9.17) is 4.74 Å². The number of nitrogens with one attached hydrogen (secondary N) is 2. The Balaban J connectivity index is 1.34.